The number of ether oxygens (including phenoxy) is 1. The molecule has 0 atom stereocenters. The molecule has 0 saturated carbocycles. The van der Waals surface area contributed by atoms with Gasteiger partial charge in [0.2, 0.25) is 0 Å². The SMILES string of the molecule is COc1cccc2c(O)c(C(C)(C)N)ccc12. The lowest BCUT2D eigenvalue weighted by atomic mass is 9.92. The van der Waals surface area contributed by atoms with E-state index in [0.717, 1.165) is 22.1 Å². The largest absolute Gasteiger partial charge is 0.507 e. The zero-order valence-electron chi connectivity index (χ0n) is 10.3. The van der Waals surface area contributed by atoms with Crippen LogP contribution in [-0.2, 0) is 5.54 Å². The van der Waals surface area contributed by atoms with Crippen LogP contribution in [0.1, 0.15) is 19.4 Å². The van der Waals surface area contributed by atoms with E-state index in [4.69, 9.17) is 10.5 Å². The second-order valence-corrected chi connectivity index (χ2v) is 4.74. The molecular weight excluding hydrogens is 214 g/mol. The molecular formula is C14H17NO2. The van der Waals surface area contributed by atoms with Crippen LogP contribution in [0.4, 0.5) is 0 Å². The highest BCUT2D eigenvalue weighted by atomic mass is 16.5. The van der Waals surface area contributed by atoms with E-state index in [2.05, 4.69) is 0 Å². The van der Waals surface area contributed by atoms with E-state index < -0.39 is 5.54 Å². The van der Waals surface area contributed by atoms with E-state index in [0.29, 0.717) is 0 Å². The minimum atomic E-state index is -0.568. The second kappa shape index (κ2) is 3.93. The monoisotopic (exact) mass is 231 g/mol. The highest BCUT2D eigenvalue weighted by Crippen LogP contribution is 2.37. The smallest absolute Gasteiger partial charge is 0.128 e. The maximum absolute atomic E-state index is 10.3. The third-order valence-electron chi connectivity index (χ3n) is 2.91. The zero-order chi connectivity index (χ0) is 12.6. The van der Waals surface area contributed by atoms with Gasteiger partial charge in [-0.3, -0.25) is 0 Å². The molecule has 0 saturated heterocycles. The van der Waals surface area contributed by atoms with Crippen molar-refractivity contribution in [2.45, 2.75) is 19.4 Å². The fourth-order valence-corrected chi connectivity index (χ4v) is 2.01. The lowest BCUT2D eigenvalue weighted by molar-refractivity contribution is 0.419. The normalized spacial score (nSPS) is 11.8. The maximum Gasteiger partial charge on any atom is 0.128 e. The predicted molar refractivity (Wildman–Crippen MR) is 69.4 cm³/mol. The van der Waals surface area contributed by atoms with Crippen LogP contribution in [0.5, 0.6) is 11.5 Å². The van der Waals surface area contributed by atoms with Gasteiger partial charge in [-0.25, -0.2) is 0 Å². The molecule has 2 aromatic carbocycles. The van der Waals surface area contributed by atoms with Gasteiger partial charge in [-0.1, -0.05) is 24.3 Å². The van der Waals surface area contributed by atoms with Crippen LogP contribution in [-0.4, -0.2) is 12.2 Å². The molecule has 0 amide bonds. The highest BCUT2D eigenvalue weighted by molar-refractivity contribution is 5.94. The van der Waals surface area contributed by atoms with Gasteiger partial charge in [0.15, 0.2) is 0 Å². The van der Waals surface area contributed by atoms with Crippen LogP contribution < -0.4 is 10.5 Å². The third-order valence-corrected chi connectivity index (χ3v) is 2.91. The summed E-state index contributed by atoms with van der Waals surface area (Å²) in [7, 11) is 1.62. The van der Waals surface area contributed by atoms with Gasteiger partial charge in [0.1, 0.15) is 11.5 Å². The predicted octanol–water partition coefficient (Wildman–Crippen LogP) is 2.75. The summed E-state index contributed by atoms with van der Waals surface area (Å²) in [4.78, 5) is 0. The Morgan fingerprint density at radius 3 is 2.41 bits per heavy atom. The van der Waals surface area contributed by atoms with Gasteiger partial charge in [-0.05, 0) is 19.9 Å². The van der Waals surface area contributed by atoms with Gasteiger partial charge in [0.25, 0.3) is 0 Å². The van der Waals surface area contributed by atoms with Gasteiger partial charge < -0.3 is 15.6 Å². The second-order valence-electron chi connectivity index (χ2n) is 4.74. The first-order valence-corrected chi connectivity index (χ1v) is 5.53. The molecule has 2 rings (SSSR count). The van der Waals surface area contributed by atoms with Gasteiger partial charge >= 0.3 is 0 Å². The number of benzene rings is 2. The van der Waals surface area contributed by atoms with Crippen molar-refractivity contribution in [3.8, 4) is 11.5 Å². The topological polar surface area (TPSA) is 55.5 Å². The summed E-state index contributed by atoms with van der Waals surface area (Å²) in [5.41, 5.74) is 6.19. The third kappa shape index (κ3) is 1.94. The molecule has 3 nitrogen and oxygen atoms in total. The number of hydrogen-bond donors (Lipinski definition) is 2. The average molecular weight is 231 g/mol. The first-order valence-electron chi connectivity index (χ1n) is 5.53. The summed E-state index contributed by atoms with van der Waals surface area (Å²) in [6.07, 6.45) is 0. The molecule has 3 heteroatoms. The Hall–Kier alpha value is -1.74. The Kier molecular flexibility index (Phi) is 2.71. The van der Waals surface area contributed by atoms with Crippen LogP contribution in [0.15, 0.2) is 30.3 Å². The van der Waals surface area contributed by atoms with Crippen molar-refractivity contribution in [2.24, 2.45) is 5.73 Å². The number of hydrogen-bond acceptors (Lipinski definition) is 3. The summed E-state index contributed by atoms with van der Waals surface area (Å²) in [5, 5.41) is 11.9. The van der Waals surface area contributed by atoms with Crippen molar-refractivity contribution < 1.29 is 9.84 Å². The first-order chi connectivity index (χ1) is 7.95. The molecule has 0 radical (unpaired) electrons. The molecule has 0 spiro atoms. The molecule has 17 heavy (non-hydrogen) atoms. The van der Waals surface area contributed by atoms with E-state index in [1.54, 1.807) is 7.11 Å². The summed E-state index contributed by atoms with van der Waals surface area (Å²) < 4.78 is 5.27. The van der Waals surface area contributed by atoms with Crippen molar-refractivity contribution in [2.75, 3.05) is 7.11 Å². The number of phenolic OH excluding ortho intramolecular Hbond substituents is 1. The molecule has 0 aliphatic carbocycles. The highest BCUT2D eigenvalue weighted by Gasteiger charge is 2.20. The lowest BCUT2D eigenvalue weighted by Gasteiger charge is -2.21. The number of methoxy groups -OCH3 is 1. The van der Waals surface area contributed by atoms with E-state index >= 15 is 0 Å². The van der Waals surface area contributed by atoms with Crippen molar-refractivity contribution in [1.29, 1.82) is 0 Å². The van der Waals surface area contributed by atoms with Gasteiger partial charge in [-0.15, -0.1) is 0 Å². The van der Waals surface area contributed by atoms with E-state index in [1.165, 1.54) is 0 Å². The molecule has 3 N–H and O–H groups in total. The average Bonchev–Trinajstić information content (AvgIpc) is 2.27. The molecule has 0 aromatic heterocycles. The Morgan fingerprint density at radius 1 is 1.12 bits per heavy atom. The van der Waals surface area contributed by atoms with Crippen LogP contribution in [0.3, 0.4) is 0 Å². The summed E-state index contributed by atoms with van der Waals surface area (Å²) in [6, 6.07) is 9.36. The summed E-state index contributed by atoms with van der Waals surface area (Å²) >= 11 is 0. The van der Waals surface area contributed by atoms with E-state index in [1.807, 2.05) is 44.2 Å². The Bertz CT molecular complexity index is 556. The van der Waals surface area contributed by atoms with Crippen molar-refractivity contribution in [1.82, 2.24) is 0 Å². The summed E-state index contributed by atoms with van der Waals surface area (Å²) in [6.45, 7) is 3.74. The molecule has 0 aliphatic rings. The number of phenols is 1. The Balaban J connectivity index is 2.78. The molecule has 0 aliphatic heterocycles. The van der Waals surface area contributed by atoms with E-state index in [-0.39, 0.29) is 5.75 Å². The first kappa shape index (κ1) is 11.7. The fourth-order valence-electron chi connectivity index (χ4n) is 2.01. The van der Waals surface area contributed by atoms with Gasteiger partial charge in [0.05, 0.1) is 7.11 Å². The number of fused-ring (bicyclic) bond motifs is 1. The van der Waals surface area contributed by atoms with Crippen molar-refractivity contribution in [3.05, 3.63) is 35.9 Å². The van der Waals surface area contributed by atoms with Crippen LogP contribution in [0, 0.1) is 0 Å². The van der Waals surface area contributed by atoms with Gasteiger partial charge in [0, 0.05) is 21.9 Å². The standard InChI is InChI=1S/C14H17NO2/c1-14(2,15)11-8-7-9-10(13(11)16)5-4-6-12(9)17-3/h4-8,16H,15H2,1-3H3. The molecule has 0 unspecified atom stereocenters. The fraction of sp³-hybridized carbons (Fsp3) is 0.286. The summed E-state index contributed by atoms with van der Waals surface area (Å²) in [5.74, 6) is 0.980. The molecule has 0 fully saturated rings. The lowest BCUT2D eigenvalue weighted by Crippen LogP contribution is -2.28. The number of aromatic hydroxyl groups is 1. The molecule has 90 valence electrons. The maximum atomic E-state index is 10.3. The minimum Gasteiger partial charge on any atom is -0.507 e. The molecule has 0 bridgehead atoms. The Labute approximate surface area is 101 Å². The van der Waals surface area contributed by atoms with Crippen LogP contribution in [0.25, 0.3) is 10.8 Å². The number of rotatable bonds is 2. The Morgan fingerprint density at radius 2 is 1.82 bits per heavy atom. The molecule has 2 aromatic rings. The zero-order valence-corrected chi connectivity index (χ0v) is 10.3. The van der Waals surface area contributed by atoms with E-state index in [9.17, 15) is 5.11 Å². The quantitative estimate of drug-likeness (QED) is 0.835. The van der Waals surface area contributed by atoms with Crippen LogP contribution in [0.2, 0.25) is 0 Å². The van der Waals surface area contributed by atoms with Crippen molar-refractivity contribution in [3.63, 3.8) is 0 Å². The van der Waals surface area contributed by atoms with Crippen molar-refractivity contribution >= 4 is 10.8 Å². The van der Waals surface area contributed by atoms with Crippen LogP contribution >= 0.6 is 0 Å². The van der Waals surface area contributed by atoms with Gasteiger partial charge in [-0.2, -0.15) is 0 Å². The number of nitrogens with two attached hydrogens (primary N) is 1. The molecule has 0 heterocycles. The minimum absolute atomic E-state index is 0.230.